The van der Waals surface area contributed by atoms with Crippen LogP contribution < -0.4 is 44.5 Å². The Kier molecular flexibility index (Phi) is 24.1. The van der Waals surface area contributed by atoms with Gasteiger partial charge in [0.05, 0.1) is 69.4 Å². The molecule has 0 radical (unpaired) electrons. The van der Waals surface area contributed by atoms with Crippen molar-refractivity contribution in [3.05, 3.63) is 175 Å². The molecule has 10 rings (SSSR count). The molecule has 2 aromatic heterocycles. The molecule has 5 heterocycles. The van der Waals surface area contributed by atoms with E-state index < -0.39 is 76.7 Å². The van der Waals surface area contributed by atoms with Gasteiger partial charge in [-0.3, -0.25) is 29.4 Å². The number of hydrogen-bond donors (Lipinski definition) is 2. The fourth-order valence-corrected chi connectivity index (χ4v) is 14.1. The normalized spacial score (nSPS) is 16.0. The largest absolute Gasteiger partial charge is 0.497 e. The number of thioether (sulfide) groups is 1. The fraction of sp³-hybridized carbons (Fsp3) is 0.392. The molecular weight excluding hydrogens is 1370 g/mol. The lowest BCUT2D eigenvalue weighted by Crippen LogP contribution is -2.71. The van der Waals surface area contributed by atoms with Crippen molar-refractivity contribution >= 4 is 92.3 Å². The number of fused-ring (bicyclic) bond motifs is 2. The van der Waals surface area contributed by atoms with Gasteiger partial charge in [-0.2, -0.15) is 0 Å². The minimum Gasteiger partial charge on any atom is -0.497 e. The molecular formula is C74H83ClN7O18S2+. The number of anilines is 1. The van der Waals surface area contributed by atoms with Crippen LogP contribution in [0.5, 0.6) is 34.5 Å². The minimum atomic E-state index is -1.79. The van der Waals surface area contributed by atoms with E-state index in [0.717, 1.165) is 35.3 Å². The Balaban J connectivity index is 0.969. The molecule has 0 bridgehead atoms. The summed E-state index contributed by atoms with van der Waals surface area (Å²) < 4.78 is 59.4. The number of carbonyl (C=O) groups excluding carboxylic acids is 6. The second-order valence-corrected chi connectivity index (χ2v) is 28.8. The summed E-state index contributed by atoms with van der Waals surface area (Å²) in [6.07, 6.45) is 0.100. The monoisotopic (exact) mass is 1460 g/mol. The minimum absolute atomic E-state index is 0.00627. The quantitative estimate of drug-likeness (QED) is 0.0110. The Bertz CT molecular complexity index is 4330. The number of carbonyl (C=O) groups is 6. The number of aryl methyl sites for hydroxylation is 1. The van der Waals surface area contributed by atoms with E-state index in [1.807, 2.05) is 66.2 Å². The zero-order valence-corrected chi connectivity index (χ0v) is 61.1. The van der Waals surface area contributed by atoms with Crippen LogP contribution >= 0.6 is 34.7 Å². The summed E-state index contributed by atoms with van der Waals surface area (Å²) in [7, 11) is 6.23. The lowest BCUT2D eigenvalue weighted by Gasteiger charge is -2.50. The number of methoxy groups -OCH3 is 4. The zero-order valence-electron chi connectivity index (χ0n) is 58.7. The third kappa shape index (κ3) is 18.6. The molecule has 25 nitrogen and oxygen atoms in total. The molecule has 0 aliphatic carbocycles. The molecule has 2 saturated heterocycles. The molecule has 3 amide bonds. The van der Waals surface area contributed by atoms with Crippen LogP contribution in [-0.2, 0) is 87.3 Å². The van der Waals surface area contributed by atoms with Crippen molar-refractivity contribution in [2.45, 2.75) is 136 Å². The van der Waals surface area contributed by atoms with Gasteiger partial charge in [-0.25, -0.2) is 19.4 Å². The highest BCUT2D eigenvalue weighted by atomic mass is 35.5. The average molecular weight is 1460 g/mol. The Morgan fingerprint density at radius 2 is 1.25 bits per heavy atom. The summed E-state index contributed by atoms with van der Waals surface area (Å²) in [5.41, 5.74) is 1.54. The highest BCUT2D eigenvalue weighted by molar-refractivity contribution is 8.00. The van der Waals surface area contributed by atoms with Gasteiger partial charge in [0.15, 0.2) is 27.8 Å². The first-order valence-corrected chi connectivity index (χ1v) is 35.3. The number of halogens is 1. The molecule has 2 N–H and O–H groups in total. The standard InChI is InChI=1S/C74H82ClN7O18S2/c1-12-80-35-48(64(84)59-55(80)33-56(94-38-44-15-23-50(90-8)24-16-44)65(60(59)75)95-39-45-17-25-51(91-9)26-18-45)36-82(31-13-14-32-82)37-49-42-101-68-62(67(86)81(68)63(49)70(88)97-41-47-21-29-53(93-11)30-22-47)77-66(85)61(54-43-102-71(76-54)78-72(89)99-74(5,6)7)79-100-57(34-58(83)98-73(2,3)4)69(87)96-40-46-19-27-52(92-10)28-20-46/h15-30,33,35,43,57,62,68H,12-14,31-32,34,36-42H2,1-11H3,(H-,76,77,78,85,89)/p+1/t57-,62+,68+/m0/s1. The van der Waals surface area contributed by atoms with Crippen molar-refractivity contribution in [1.29, 1.82) is 0 Å². The van der Waals surface area contributed by atoms with Crippen LogP contribution in [0.4, 0.5) is 9.93 Å². The van der Waals surface area contributed by atoms with E-state index in [0.29, 0.717) is 80.6 Å². The summed E-state index contributed by atoms with van der Waals surface area (Å²) in [6.45, 7) is 13.9. The smallest absolute Gasteiger partial charge is 0.413 e. The summed E-state index contributed by atoms with van der Waals surface area (Å²) >= 11 is 9.67. The predicted octanol–water partition coefficient (Wildman–Crippen LogP) is 11.4. The van der Waals surface area contributed by atoms with Crippen LogP contribution in [0.3, 0.4) is 0 Å². The number of β-lactam (4-membered cyclic amide) rings is 1. The van der Waals surface area contributed by atoms with Gasteiger partial charge in [-0.15, -0.1) is 23.1 Å². The van der Waals surface area contributed by atoms with Gasteiger partial charge in [-0.05, 0) is 119 Å². The number of ether oxygens (including phenoxy) is 10. The molecule has 5 aromatic carbocycles. The van der Waals surface area contributed by atoms with E-state index in [1.165, 1.54) is 36.3 Å². The molecule has 102 heavy (non-hydrogen) atoms. The number of nitrogens with zero attached hydrogens (tertiary/aromatic N) is 5. The van der Waals surface area contributed by atoms with Gasteiger partial charge in [-0.1, -0.05) is 65.3 Å². The highest BCUT2D eigenvalue weighted by Crippen LogP contribution is 2.44. The second-order valence-electron chi connectivity index (χ2n) is 26.4. The number of amides is 3. The van der Waals surface area contributed by atoms with Crippen molar-refractivity contribution in [3.8, 4) is 34.5 Å². The molecule has 2 fully saturated rings. The van der Waals surface area contributed by atoms with E-state index in [1.54, 1.807) is 110 Å². The molecule has 540 valence electrons. The van der Waals surface area contributed by atoms with Crippen molar-refractivity contribution in [3.63, 3.8) is 0 Å². The highest BCUT2D eigenvalue weighted by Gasteiger charge is 2.56. The van der Waals surface area contributed by atoms with Crippen LogP contribution in [0.2, 0.25) is 5.02 Å². The average Bonchev–Trinajstić information content (AvgIpc) is 0.838. The van der Waals surface area contributed by atoms with Crippen molar-refractivity contribution in [2.24, 2.45) is 5.16 Å². The number of thiazole rings is 1. The Morgan fingerprint density at radius 3 is 1.79 bits per heavy atom. The number of hydrogen-bond acceptors (Lipinski definition) is 22. The Labute approximate surface area is 603 Å². The molecule has 0 spiro atoms. The molecule has 0 saturated carbocycles. The van der Waals surface area contributed by atoms with Crippen LogP contribution in [0.1, 0.15) is 101 Å². The first kappa shape index (κ1) is 74.8. The fourth-order valence-electron chi connectivity index (χ4n) is 11.8. The van der Waals surface area contributed by atoms with Crippen molar-refractivity contribution in [1.82, 2.24) is 19.8 Å². The third-order valence-electron chi connectivity index (χ3n) is 16.8. The van der Waals surface area contributed by atoms with Gasteiger partial charge in [0.1, 0.15) is 96.5 Å². The van der Waals surface area contributed by atoms with Gasteiger partial charge >= 0.3 is 24.0 Å². The molecule has 3 aliphatic rings. The lowest BCUT2D eigenvalue weighted by molar-refractivity contribution is -0.925. The lowest BCUT2D eigenvalue weighted by atomic mass is 10.0. The number of nitrogens with one attached hydrogen (secondary N) is 2. The number of likely N-dealkylation sites (tertiary alicyclic amines) is 1. The molecule has 28 heteroatoms. The van der Waals surface area contributed by atoms with E-state index in [9.17, 15) is 19.2 Å². The first-order valence-electron chi connectivity index (χ1n) is 33.0. The number of aromatic nitrogens is 2. The van der Waals surface area contributed by atoms with E-state index in [2.05, 4.69) is 20.8 Å². The number of esters is 3. The zero-order chi connectivity index (χ0) is 73.0. The second kappa shape index (κ2) is 32.9. The summed E-state index contributed by atoms with van der Waals surface area (Å²) in [5.74, 6) is -1.16. The number of rotatable bonds is 29. The van der Waals surface area contributed by atoms with E-state index in [4.69, 9.17) is 63.8 Å². The Morgan fingerprint density at radius 1 is 0.716 bits per heavy atom. The van der Waals surface area contributed by atoms with Gasteiger partial charge in [0.25, 0.3) is 11.8 Å². The SMILES string of the molecule is CCn1cc(C[N+]2(CC3=C(C(=O)OCc4ccc(OC)cc4)N4C(=O)[C@@H](NC(=O)C(=NO[C@@H](CC(=O)OC(C)(C)C)C(=O)OCc5ccc(OC)cc5)c5csc(NC(=O)OC(C)(C)C)n5)[C@H]4SC3)CCCC2)c(=O)c2c(Cl)c(OCc3ccc(OC)cc3)c(OCc3ccc(OC)cc3)cc21. The number of pyridine rings is 1. The maximum atomic E-state index is 15.4. The maximum absolute atomic E-state index is 15.4. The first-order chi connectivity index (χ1) is 48.8. The van der Waals surface area contributed by atoms with Crippen LogP contribution in [0.25, 0.3) is 10.9 Å². The summed E-state index contributed by atoms with van der Waals surface area (Å²) in [6, 6.07) is 29.0. The van der Waals surface area contributed by atoms with Gasteiger partial charge < -0.3 is 66.6 Å². The van der Waals surface area contributed by atoms with Crippen molar-refractivity contribution in [2.75, 3.05) is 59.1 Å². The summed E-state index contributed by atoms with van der Waals surface area (Å²) in [4.78, 5) is 112. The molecule has 3 atom stereocenters. The number of quaternary nitrogens is 1. The van der Waals surface area contributed by atoms with E-state index in [-0.39, 0.29) is 83.4 Å². The third-order valence-corrected chi connectivity index (χ3v) is 19.2. The molecule has 7 aromatic rings. The predicted molar refractivity (Wildman–Crippen MR) is 383 cm³/mol. The van der Waals surface area contributed by atoms with Crippen LogP contribution in [0.15, 0.2) is 136 Å². The number of benzene rings is 5. The van der Waals surface area contributed by atoms with Gasteiger partial charge in [0.2, 0.25) is 6.10 Å². The van der Waals surface area contributed by atoms with Crippen LogP contribution in [-0.4, -0.2) is 143 Å². The molecule has 0 unspecified atom stereocenters. The topological polar surface area (TPSA) is 278 Å². The maximum Gasteiger partial charge on any atom is 0.413 e. The summed E-state index contributed by atoms with van der Waals surface area (Å²) in [5, 5.41) is 10.3. The number of oxime groups is 1. The Hall–Kier alpha value is -9.83. The van der Waals surface area contributed by atoms with Crippen LogP contribution in [0, 0.1) is 0 Å². The van der Waals surface area contributed by atoms with Gasteiger partial charge in [0, 0.05) is 48.4 Å². The van der Waals surface area contributed by atoms with Crippen molar-refractivity contribution < 1.29 is 85.5 Å². The van der Waals surface area contributed by atoms with E-state index >= 15 is 14.4 Å². The molecule has 3 aliphatic heterocycles.